The molecule has 1 aliphatic rings. The molecule has 0 spiro atoms. The molecule has 0 saturated heterocycles. The predicted molar refractivity (Wildman–Crippen MR) is 76.9 cm³/mol. The van der Waals surface area contributed by atoms with Gasteiger partial charge in [0.2, 0.25) is 0 Å². The molecule has 1 aliphatic heterocycles. The first-order valence-electron chi connectivity index (χ1n) is 6.57. The summed E-state index contributed by atoms with van der Waals surface area (Å²) in [5.74, 6) is -0.217. The van der Waals surface area contributed by atoms with E-state index in [2.05, 4.69) is 26.3 Å². The Bertz CT molecular complexity index is 654. The number of anilines is 1. The number of hydrogen-bond donors (Lipinski definition) is 1. The molecular formula is C14H14BrF2N3. The normalized spacial score (nSPS) is 17.7. The average Bonchev–Trinajstić information content (AvgIpc) is 2.76. The maximum absolute atomic E-state index is 14.0. The summed E-state index contributed by atoms with van der Waals surface area (Å²) in [6.07, 6.45) is 1.51. The lowest BCUT2D eigenvalue weighted by atomic mass is 10.0. The highest BCUT2D eigenvalue weighted by Gasteiger charge is 2.28. The number of benzene rings is 1. The zero-order valence-electron chi connectivity index (χ0n) is 11.0. The molecule has 2 aromatic rings. The number of aromatic nitrogens is 2. The highest BCUT2D eigenvalue weighted by Crippen LogP contribution is 2.36. The van der Waals surface area contributed by atoms with Crippen molar-refractivity contribution in [1.82, 2.24) is 9.78 Å². The molecule has 0 aliphatic carbocycles. The third-order valence-corrected chi connectivity index (χ3v) is 4.41. The number of hydrogen-bond acceptors (Lipinski definition) is 2. The van der Waals surface area contributed by atoms with Crippen molar-refractivity contribution in [3.05, 3.63) is 45.6 Å². The topological polar surface area (TPSA) is 29.9 Å². The lowest BCUT2D eigenvalue weighted by Crippen LogP contribution is -2.25. The van der Waals surface area contributed by atoms with E-state index in [1.165, 1.54) is 12.1 Å². The van der Waals surface area contributed by atoms with E-state index in [-0.39, 0.29) is 6.04 Å². The van der Waals surface area contributed by atoms with Crippen LogP contribution in [0.25, 0.3) is 0 Å². The highest BCUT2D eigenvalue weighted by molar-refractivity contribution is 9.10. The Hall–Kier alpha value is -1.43. The summed E-state index contributed by atoms with van der Waals surface area (Å²) in [5, 5.41) is 7.81. The van der Waals surface area contributed by atoms with E-state index in [0.29, 0.717) is 12.0 Å². The number of nitrogens with zero attached hydrogens (tertiary/aromatic N) is 2. The standard InChI is InChI=1S/C14H14BrF2N3/c1-2-11-13(15)14-18-6-5-12(20(14)19-11)9-4-3-8(16)7-10(9)17/h3-4,7,12,18H,2,5-6H2,1H3. The minimum Gasteiger partial charge on any atom is -0.369 e. The minimum absolute atomic E-state index is 0.205. The highest BCUT2D eigenvalue weighted by atomic mass is 79.9. The number of aryl methyl sites for hydroxylation is 1. The molecule has 20 heavy (non-hydrogen) atoms. The summed E-state index contributed by atoms with van der Waals surface area (Å²) in [7, 11) is 0. The predicted octanol–water partition coefficient (Wildman–Crippen LogP) is 3.89. The van der Waals surface area contributed by atoms with E-state index in [0.717, 1.165) is 35.0 Å². The second-order valence-electron chi connectivity index (χ2n) is 4.80. The van der Waals surface area contributed by atoms with E-state index < -0.39 is 11.6 Å². The zero-order chi connectivity index (χ0) is 14.3. The number of rotatable bonds is 2. The SMILES string of the molecule is CCc1nn2c(c1Br)NCCC2c1ccc(F)cc1F. The largest absolute Gasteiger partial charge is 0.369 e. The molecule has 1 unspecified atom stereocenters. The van der Waals surface area contributed by atoms with Gasteiger partial charge in [-0.2, -0.15) is 5.10 Å². The Balaban J connectivity index is 2.09. The number of halogens is 3. The summed E-state index contributed by atoms with van der Waals surface area (Å²) in [6.45, 7) is 2.75. The van der Waals surface area contributed by atoms with Crippen LogP contribution in [-0.2, 0) is 6.42 Å². The van der Waals surface area contributed by atoms with Gasteiger partial charge < -0.3 is 5.32 Å². The van der Waals surface area contributed by atoms with Crippen LogP contribution in [0.15, 0.2) is 22.7 Å². The van der Waals surface area contributed by atoms with Crippen molar-refractivity contribution in [2.24, 2.45) is 0 Å². The van der Waals surface area contributed by atoms with Crippen molar-refractivity contribution >= 4 is 21.7 Å². The smallest absolute Gasteiger partial charge is 0.139 e. The summed E-state index contributed by atoms with van der Waals surface area (Å²) < 4.78 is 29.8. The van der Waals surface area contributed by atoms with Gasteiger partial charge in [-0.1, -0.05) is 13.0 Å². The summed E-state index contributed by atoms with van der Waals surface area (Å²) in [4.78, 5) is 0. The molecule has 6 heteroatoms. The fraction of sp³-hybridized carbons (Fsp3) is 0.357. The maximum atomic E-state index is 14.0. The Labute approximate surface area is 124 Å². The van der Waals surface area contributed by atoms with E-state index in [1.807, 2.05) is 6.92 Å². The quantitative estimate of drug-likeness (QED) is 0.897. The first kappa shape index (κ1) is 13.5. The molecule has 1 N–H and O–H groups in total. The third kappa shape index (κ3) is 2.12. The van der Waals surface area contributed by atoms with Gasteiger partial charge >= 0.3 is 0 Å². The monoisotopic (exact) mass is 341 g/mol. The van der Waals surface area contributed by atoms with Crippen molar-refractivity contribution in [1.29, 1.82) is 0 Å². The second-order valence-corrected chi connectivity index (χ2v) is 5.60. The Kier molecular flexibility index (Phi) is 3.50. The summed E-state index contributed by atoms with van der Waals surface area (Å²) in [5.41, 5.74) is 1.41. The van der Waals surface area contributed by atoms with Crippen molar-refractivity contribution in [2.75, 3.05) is 11.9 Å². The molecule has 1 aromatic carbocycles. The first-order valence-corrected chi connectivity index (χ1v) is 7.36. The molecule has 106 valence electrons. The van der Waals surface area contributed by atoms with Gasteiger partial charge in [0.15, 0.2) is 0 Å². The Morgan fingerprint density at radius 2 is 2.25 bits per heavy atom. The molecule has 1 atom stereocenters. The van der Waals surface area contributed by atoms with Crippen molar-refractivity contribution < 1.29 is 8.78 Å². The molecule has 0 fully saturated rings. The maximum Gasteiger partial charge on any atom is 0.139 e. The molecule has 0 radical (unpaired) electrons. The molecule has 0 saturated carbocycles. The van der Waals surface area contributed by atoms with Gasteiger partial charge in [-0.25, -0.2) is 13.5 Å². The van der Waals surface area contributed by atoms with Crippen LogP contribution in [-0.4, -0.2) is 16.3 Å². The van der Waals surface area contributed by atoms with Crippen LogP contribution in [0.5, 0.6) is 0 Å². The van der Waals surface area contributed by atoms with Crippen LogP contribution in [0.2, 0.25) is 0 Å². The molecule has 3 nitrogen and oxygen atoms in total. The lowest BCUT2D eigenvalue weighted by Gasteiger charge is -2.26. The van der Waals surface area contributed by atoms with Crippen LogP contribution in [0.1, 0.15) is 30.6 Å². The molecule has 1 aromatic heterocycles. The third-order valence-electron chi connectivity index (χ3n) is 3.58. The fourth-order valence-corrected chi connectivity index (χ4v) is 3.26. The van der Waals surface area contributed by atoms with Gasteiger partial charge in [-0.05, 0) is 34.8 Å². The van der Waals surface area contributed by atoms with Gasteiger partial charge in [0.05, 0.1) is 16.2 Å². The van der Waals surface area contributed by atoms with Gasteiger partial charge in [0.25, 0.3) is 0 Å². The van der Waals surface area contributed by atoms with Crippen LogP contribution in [0.3, 0.4) is 0 Å². The summed E-state index contributed by atoms with van der Waals surface area (Å²) in [6, 6.07) is 3.52. The van der Waals surface area contributed by atoms with Crippen molar-refractivity contribution in [3.63, 3.8) is 0 Å². The van der Waals surface area contributed by atoms with E-state index >= 15 is 0 Å². The Morgan fingerprint density at radius 3 is 2.95 bits per heavy atom. The molecule has 0 amide bonds. The van der Waals surface area contributed by atoms with E-state index in [9.17, 15) is 8.78 Å². The number of nitrogens with one attached hydrogen (secondary N) is 1. The molecule has 0 bridgehead atoms. The van der Waals surface area contributed by atoms with Gasteiger partial charge in [0, 0.05) is 18.2 Å². The molecule has 2 heterocycles. The first-order chi connectivity index (χ1) is 9.61. The average molecular weight is 342 g/mol. The van der Waals surface area contributed by atoms with Gasteiger partial charge in [-0.3, -0.25) is 0 Å². The second kappa shape index (κ2) is 5.16. The Morgan fingerprint density at radius 1 is 1.45 bits per heavy atom. The van der Waals surface area contributed by atoms with Gasteiger partial charge in [0.1, 0.15) is 17.5 Å². The van der Waals surface area contributed by atoms with Crippen LogP contribution in [0, 0.1) is 11.6 Å². The van der Waals surface area contributed by atoms with Crippen molar-refractivity contribution in [3.8, 4) is 0 Å². The lowest BCUT2D eigenvalue weighted by molar-refractivity contribution is 0.453. The number of fused-ring (bicyclic) bond motifs is 1. The fourth-order valence-electron chi connectivity index (χ4n) is 2.58. The van der Waals surface area contributed by atoms with Crippen LogP contribution >= 0.6 is 15.9 Å². The zero-order valence-corrected chi connectivity index (χ0v) is 12.5. The summed E-state index contributed by atoms with van der Waals surface area (Å²) >= 11 is 3.53. The molecular weight excluding hydrogens is 328 g/mol. The minimum atomic E-state index is -0.559. The van der Waals surface area contributed by atoms with Crippen LogP contribution < -0.4 is 5.32 Å². The van der Waals surface area contributed by atoms with E-state index in [1.54, 1.807) is 4.68 Å². The van der Waals surface area contributed by atoms with Gasteiger partial charge in [-0.15, -0.1) is 0 Å². The van der Waals surface area contributed by atoms with Crippen LogP contribution in [0.4, 0.5) is 14.6 Å². The molecule has 3 rings (SSSR count). The van der Waals surface area contributed by atoms with E-state index in [4.69, 9.17) is 0 Å². The van der Waals surface area contributed by atoms with Crippen molar-refractivity contribution in [2.45, 2.75) is 25.8 Å².